The van der Waals surface area contributed by atoms with Crippen LogP contribution in [-0.4, -0.2) is 43.2 Å². The van der Waals surface area contributed by atoms with E-state index in [1.165, 1.54) is 12.8 Å². The minimum absolute atomic E-state index is 0.0111. The lowest BCUT2D eigenvalue weighted by molar-refractivity contribution is -0.250. The van der Waals surface area contributed by atoms with Crippen molar-refractivity contribution >= 4 is 22.0 Å². The molecule has 5 unspecified atom stereocenters. The van der Waals surface area contributed by atoms with Crippen LogP contribution >= 0.6 is 0 Å². The van der Waals surface area contributed by atoms with E-state index >= 15 is 0 Å². The zero-order valence-electron chi connectivity index (χ0n) is 28.8. The van der Waals surface area contributed by atoms with Crippen LogP contribution in [0.25, 0.3) is 0 Å². The number of fused-ring (bicyclic) bond motifs is 7. The van der Waals surface area contributed by atoms with Gasteiger partial charge in [-0.1, -0.05) is 55.4 Å². The predicted molar refractivity (Wildman–Crippen MR) is 173 cm³/mol. The van der Waals surface area contributed by atoms with E-state index < -0.39 is 21.3 Å². The van der Waals surface area contributed by atoms with E-state index in [1.54, 1.807) is 0 Å². The van der Waals surface area contributed by atoms with Crippen LogP contribution < -0.4 is 5.32 Å². The normalized spacial score (nSPS) is 44.6. The molecule has 0 heterocycles. The minimum Gasteiger partial charge on any atom is -0.462 e. The molecule has 0 aromatic carbocycles. The number of amides is 1. The topological polar surface area (TPSA) is 110 Å². The summed E-state index contributed by atoms with van der Waals surface area (Å²) in [5.74, 6) is 2.34. The van der Waals surface area contributed by atoms with Crippen LogP contribution in [0.2, 0.25) is 0 Å². The summed E-state index contributed by atoms with van der Waals surface area (Å²) in [6.07, 6.45) is 11.8. The molecular formula is C36H61NO6S. The Bertz CT molecular complexity index is 1230. The highest BCUT2D eigenvalue weighted by atomic mass is 32.2. The molecule has 0 aromatic rings. The highest BCUT2D eigenvalue weighted by Crippen LogP contribution is 2.77. The van der Waals surface area contributed by atoms with Crippen molar-refractivity contribution in [1.29, 1.82) is 0 Å². The van der Waals surface area contributed by atoms with Crippen molar-refractivity contribution in [3.63, 3.8) is 0 Å². The number of esters is 1. The quantitative estimate of drug-likeness (QED) is 0.212. The van der Waals surface area contributed by atoms with Gasteiger partial charge >= 0.3 is 5.97 Å². The average Bonchev–Trinajstić information content (AvgIpc) is 3.31. The van der Waals surface area contributed by atoms with Gasteiger partial charge in [-0.25, -0.2) is 0 Å². The Balaban J connectivity index is 1.44. The van der Waals surface area contributed by atoms with Crippen LogP contribution in [0.15, 0.2) is 0 Å². The van der Waals surface area contributed by atoms with Crippen LogP contribution in [0.4, 0.5) is 0 Å². The Kier molecular flexibility index (Phi) is 8.95. The van der Waals surface area contributed by atoms with Gasteiger partial charge in [-0.2, -0.15) is 8.42 Å². The Labute approximate surface area is 267 Å². The Morgan fingerprint density at radius 1 is 0.886 bits per heavy atom. The van der Waals surface area contributed by atoms with Gasteiger partial charge in [0.15, 0.2) is 0 Å². The Morgan fingerprint density at radius 2 is 1.59 bits per heavy atom. The van der Waals surface area contributed by atoms with Crippen LogP contribution in [0.3, 0.4) is 0 Å². The lowest BCUT2D eigenvalue weighted by Gasteiger charge is -2.73. The van der Waals surface area contributed by atoms with Crippen molar-refractivity contribution in [3.05, 3.63) is 0 Å². The van der Waals surface area contributed by atoms with E-state index in [1.807, 2.05) is 6.92 Å². The van der Waals surface area contributed by atoms with E-state index in [9.17, 15) is 22.6 Å². The van der Waals surface area contributed by atoms with Crippen LogP contribution in [-0.2, 0) is 24.4 Å². The number of carbonyl (C=O) groups is 2. The van der Waals surface area contributed by atoms with Gasteiger partial charge in [0, 0.05) is 18.4 Å². The highest BCUT2D eigenvalue weighted by Gasteiger charge is 2.72. The van der Waals surface area contributed by atoms with Gasteiger partial charge in [0.1, 0.15) is 6.10 Å². The van der Waals surface area contributed by atoms with Gasteiger partial charge in [-0.05, 0) is 122 Å². The zero-order chi connectivity index (χ0) is 32.5. The second kappa shape index (κ2) is 11.5. The molecule has 5 fully saturated rings. The van der Waals surface area contributed by atoms with Gasteiger partial charge in [-0.3, -0.25) is 14.1 Å². The molecule has 0 radical (unpaired) electrons. The summed E-state index contributed by atoms with van der Waals surface area (Å²) < 4.78 is 38.2. The fourth-order valence-corrected chi connectivity index (χ4v) is 13.2. The third-order valence-electron chi connectivity index (χ3n) is 15.1. The molecule has 5 rings (SSSR count). The van der Waals surface area contributed by atoms with Gasteiger partial charge < -0.3 is 10.1 Å². The molecule has 5 aliphatic rings. The summed E-state index contributed by atoms with van der Waals surface area (Å²) in [6.45, 7) is 19.1. The van der Waals surface area contributed by atoms with Crippen molar-refractivity contribution in [2.24, 2.45) is 62.6 Å². The van der Waals surface area contributed by atoms with Crippen molar-refractivity contribution < 1.29 is 27.3 Å². The molecule has 0 aromatic heterocycles. The lowest BCUT2D eigenvalue weighted by atomic mass is 9.32. The van der Waals surface area contributed by atoms with E-state index in [2.05, 4.69) is 53.8 Å². The number of ether oxygens (including phenoxy) is 1. The maximum absolute atomic E-state index is 14.0. The minimum atomic E-state index is -4.13. The second-order valence-electron chi connectivity index (χ2n) is 17.4. The molecule has 252 valence electrons. The van der Waals surface area contributed by atoms with E-state index in [-0.39, 0.29) is 46.2 Å². The molecule has 1 amide bonds. The Morgan fingerprint density at radius 3 is 2.23 bits per heavy atom. The van der Waals surface area contributed by atoms with E-state index in [0.29, 0.717) is 41.9 Å². The summed E-state index contributed by atoms with van der Waals surface area (Å²) in [5, 5.41) is 2.97. The number of rotatable bonds is 8. The molecule has 5 saturated carbocycles. The van der Waals surface area contributed by atoms with E-state index in [0.717, 1.165) is 57.8 Å². The summed E-state index contributed by atoms with van der Waals surface area (Å²) in [5.41, 5.74) is -0.0386. The molecule has 0 aliphatic heterocycles. The predicted octanol–water partition coefficient (Wildman–Crippen LogP) is 7.44. The molecule has 44 heavy (non-hydrogen) atoms. The average molecular weight is 636 g/mol. The summed E-state index contributed by atoms with van der Waals surface area (Å²) in [7, 11) is -4.13. The third-order valence-corrected chi connectivity index (χ3v) is 15.8. The molecule has 2 N–H and O–H groups in total. The SMILES string of the molecule is CCCC(=O)O[C@@H]1CC[C@@]2(C)C(CC[C@]3(C)C2CCC2C4C(C(C)C)CC[C@]4(C(=O)NCCS(=O)(=O)O)CC[C@]23C)C1(C)C. The summed E-state index contributed by atoms with van der Waals surface area (Å²) >= 11 is 0. The molecular weight excluding hydrogens is 574 g/mol. The highest BCUT2D eigenvalue weighted by molar-refractivity contribution is 7.85. The van der Waals surface area contributed by atoms with Crippen LogP contribution in [0.5, 0.6) is 0 Å². The third kappa shape index (κ3) is 5.19. The molecule has 7 nitrogen and oxygen atoms in total. The second-order valence-corrected chi connectivity index (χ2v) is 19.0. The van der Waals surface area contributed by atoms with E-state index in [4.69, 9.17) is 4.74 Å². The fourth-order valence-electron chi connectivity index (χ4n) is 12.9. The van der Waals surface area contributed by atoms with Gasteiger partial charge in [0.05, 0.1) is 11.2 Å². The van der Waals surface area contributed by atoms with Gasteiger partial charge in [-0.15, -0.1) is 0 Å². The number of hydrogen-bond acceptors (Lipinski definition) is 5. The van der Waals surface area contributed by atoms with Crippen LogP contribution in [0, 0.1) is 62.6 Å². The monoisotopic (exact) mass is 635 g/mol. The number of nitrogens with one attached hydrogen (secondary N) is 1. The Hall–Kier alpha value is -1.15. The van der Waals surface area contributed by atoms with Crippen LogP contribution in [0.1, 0.15) is 132 Å². The number of carbonyl (C=O) groups excluding carboxylic acids is 2. The molecule has 8 heteroatoms. The first-order valence-electron chi connectivity index (χ1n) is 17.8. The number of hydrogen-bond donors (Lipinski definition) is 2. The van der Waals surface area contributed by atoms with Crippen molar-refractivity contribution in [2.75, 3.05) is 12.3 Å². The summed E-state index contributed by atoms with van der Waals surface area (Å²) in [4.78, 5) is 26.6. The molecule has 0 spiro atoms. The first-order chi connectivity index (χ1) is 20.4. The molecule has 0 bridgehead atoms. The van der Waals surface area contributed by atoms with Crippen molar-refractivity contribution in [1.82, 2.24) is 5.32 Å². The maximum Gasteiger partial charge on any atom is 0.306 e. The largest absolute Gasteiger partial charge is 0.462 e. The standard InChI is InChI=1S/C36H61NO6S/c1-9-10-29(38)43-28-15-16-33(6)26(32(28,4)5)14-17-35(8)27(33)12-11-25-30-24(23(2)3)13-18-36(30,20-19-34(25,35)7)31(39)37-21-22-44(40,41)42/h23-28,30H,9-22H2,1-8H3,(H,37,39)(H,40,41,42)/t24?,25?,26?,27?,28-,30?,33+,34-,35-,36+/m1/s1. The zero-order valence-corrected chi connectivity index (χ0v) is 29.7. The molecule has 10 atom stereocenters. The lowest BCUT2D eigenvalue weighted by Crippen LogP contribution is -2.67. The van der Waals surface area contributed by atoms with Gasteiger partial charge in [0.25, 0.3) is 10.1 Å². The van der Waals surface area contributed by atoms with Gasteiger partial charge in [0.2, 0.25) is 5.91 Å². The first kappa shape index (κ1) is 34.2. The van der Waals surface area contributed by atoms with Crippen molar-refractivity contribution in [3.8, 4) is 0 Å². The summed E-state index contributed by atoms with van der Waals surface area (Å²) in [6, 6.07) is 0. The smallest absolute Gasteiger partial charge is 0.306 e. The molecule has 0 saturated heterocycles. The fraction of sp³-hybridized carbons (Fsp3) is 0.944. The molecule has 5 aliphatic carbocycles. The maximum atomic E-state index is 14.0. The first-order valence-corrected chi connectivity index (χ1v) is 19.4. The van der Waals surface area contributed by atoms with Crippen molar-refractivity contribution in [2.45, 2.75) is 139 Å².